The zero-order chi connectivity index (χ0) is 13.8. The summed E-state index contributed by atoms with van der Waals surface area (Å²) in [5.41, 5.74) is 1.86. The molecule has 19 heavy (non-hydrogen) atoms. The summed E-state index contributed by atoms with van der Waals surface area (Å²) >= 11 is 0. The maximum atomic E-state index is 11.2. The molecule has 0 radical (unpaired) electrons. The second-order valence-corrected chi connectivity index (χ2v) is 4.99. The molecule has 2 unspecified atom stereocenters. The highest BCUT2D eigenvalue weighted by Gasteiger charge is 2.23. The number of rotatable bonds is 4. The molecule has 1 aromatic carbocycles. The summed E-state index contributed by atoms with van der Waals surface area (Å²) in [6, 6.07) is 5.72. The zero-order valence-corrected chi connectivity index (χ0v) is 11.5. The minimum atomic E-state index is -0.449. The van der Waals surface area contributed by atoms with Crippen LogP contribution in [-0.4, -0.2) is 17.6 Å². The molecule has 1 heterocycles. The topological polar surface area (TPSA) is 58.6 Å². The van der Waals surface area contributed by atoms with Gasteiger partial charge in [0.25, 0.3) is 0 Å². The number of aliphatic hydroxyl groups is 1. The van der Waals surface area contributed by atoms with Crippen LogP contribution in [0.15, 0.2) is 18.2 Å². The van der Waals surface area contributed by atoms with Crippen LogP contribution in [0.3, 0.4) is 0 Å². The zero-order valence-electron chi connectivity index (χ0n) is 11.5. The van der Waals surface area contributed by atoms with E-state index in [-0.39, 0.29) is 11.9 Å². The van der Waals surface area contributed by atoms with Crippen molar-refractivity contribution in [2.45, 2.75) is 45.3 Å². The van der Waals surface area contributed by atoms with Gasteiger partial charge in [0, 0.05) is 18.9 Å². The Kier molecular flexibility index (Phi) is 4.43. The van der Waals surface area contributed by atoms with E-state index in [1.165, 1.54) is 6.92 Å². The average molecular weight is 263 g/mol. The third-order valence-corrected chi connectivity index (χ3v) is 3.40. The van der Waals surface area contributed by atoms with E-state index in [1.54, 1.807) is 0 Å². The van der Waals surface area contributed by atoms with E-state index < -0.39 is 6.10 Å². The van der Waals surface area contributed by atoms with Crippen LogP contribution in [-0.2, 0) is 4.79 Å². The van der Waals surface area contributed by atoms with Gasteiger partial charge in [0.2, 0.25) is 5.91 Å². The fourth-order valence-electron chi connectivity index (χ4n) is 2.46. The Hall–Kier alpha value is -1.55. The molecule has 2 rings (SSSR count). The first-order valence-electron chi connectivity index (χ1n) is 6.83. The van der Waals surface area contributed by atoms with Gasteiger partial charge in [-0.2, -0.15) is 0 Å². The Labute approximate surface area is 113 Å². The fourth-order valence-corrected chi connectivity index (χ4v) is 2.46. The molecule has 0 aliphatic carbocycles. The summed E-state index contributed by atoms with van der Waals surface area (Å²) in [7, 11) is 0. The van der Waals surface area contributed by atoms with Crippen LogP contribution < -0.4 is 10.1 Å². The second-order valence-electron chi connectivity index (χ2n) is 4.99. The summed E-state index contributed by atoms with van der Waals surface area (Å²) in [6.07, 6.45) is 1.99. The quantitative estimate of drug-likeness (QED) is 0.877. The number of carbonyl (C=O) groups excluding carboxylic acids is 1. The summed E-state index contributed by atoms with van der Waals surface area (Å²) in [4.78, 5) is 11.2. The van der Waals surface area contributed by atoms with Crippen molar-refractivity contribution in [1.29, 1.82) is 0 Å². The van der Waals surface area contributed by atoms with Gasteiger partial charge in [-0.05, 0) is 24.1 Å². The molecule has 0 saturated heterocycles. The highest BCUT2D eigenvalue weighted by molar-refractivity contribution is 5.73. The highest BCUT2D eigenvalue weighted by atomic mass is 16.5. The lowest BCUT2D eigenvalue weighted by Crippen LogP contribution is -2.30. The minimum absolute atomic E-state index is 0.0185. The van der Waals surface area contributed by atoms with Gasteiger partial charge in [0.05, 0.1) is 18.8 Å². The van der Waals surface area contributed by atoms with Crippen molar-refractivity contribution in [3.8, 4) is 5.75 Å². The van der Waals surface area contributed by atoms with Gasteiger partial charge in [-0.15, -0.1) is 0 Å². The number of hydrogen-bond donors (Lipinski definition) is 2. The number of carbonyl (C=O) groups is 1. The minimum Gasteiger partial charge on any atom is -0.493 e. The first-order chi connectivity index (χ1) is 9.11. The van der Waals surface area contributed by atoms with Gasteiger partial charge in [0.15, 0.2) is 0 Å². The monoisotopic (exact) mass is 263 g/mol. The summed E-state index contributed by atoms with van der Waals surface area (Å²) in [6.45, 7) is 4.17. The van der Waals surface area contributed by atoms with E-state index in [0.717, 1.165) is 36.1 Å². The molecular formula is C15H21NO3. The van der Waals surface area contributed by atoms with Crippen molar-refractivity contribution in [2.75, 3.05) is 6.61 Å². The number of benzene rings is 1. The second kappa shape index (κ2) is 6.06. The van der Waals surface area contributed by atoms with E-state index in [1.807, 2.05) is 25.1 Å². The standard InChI is InChI=1S/C15H21NO3/c1-3-4-14(18)11-5-6-15-12(9-11)13(7-8-19-15)16-10(2)17/h5-6,9,13-14,18H,3-4,7-8H2,1-2H3,(H,16,17). The van der Waals surface area contributed by atoms with Gasteiger partial charge in [-0.1, -0.05) is 19.4 Å². The van der Waals surface area contributed by atoms with Crippen molar-refractivity contribution in [1.82, 2.24) is 5.32 Å². The maximum absolute atomic E-state index is 11.2. The molecule has 1 aliphatic rings. The first-order valence-corrected chi connectivity index (χ1v) is 6.83. The van der Waals surface area contributed by atoms with Crippen LogP contribution in [0.25, 0.3) is 0 Å². The molecule has 0 saturated carbocycles. The molecule has 0 aromatic heterocycles. The van der Waals surface area contributed by atoms with E-state index >= 15 is 0 Å². The van der Waals surface area contributed by atoms with Crippen LogP contribution in [0.2, 0.25) is 0 Å². The number of fused-ring (bicyclic) bond motifs is 1. The van der Waals surface area contributed by atoms with Crippen LogP contribution in [0.4, 0.5) is 0 Å². The smallest absolute Gasteiger partial charge is 0.217 e. The van der Waals surface area contributed by atoms with E-state index in [2.05, 4.69) is 5.32 Å². The number of amides is 1. The van der Waals surface area contributed by atoms with E-state index in [4.69, 9.17) is 4.74 Å². The molecule has 0 bridgehead atoms. The van der Waals surface area contributed by atoms with Crippen molar-refractivity contribution >= 4 is 5.91 Å². The van der Waals surface area contributed by atoms with Crippen LogP contribution in [0.5, 0.6) is 5.75 Å². The number of nitrogens with one attached hydrogen (secondary N) is 1. The Morgan fingerprint density at radius 3 is 3.05 bits per heavy atom. The molecule has 1 aliphatic heterocycles. The molecule has 0 spiro atoms. The predicted molar refractivity (Wildman–Crippen MR) is 73.0 cm³/mol. The van der Waals surface area contributed by atoms with Crippen LogP contribution in [0, 0.1) is 0 Å². The average Bonchev–Trinajstić information content (AvgIpc) is 2.38. The number of ether oxygens (including phenoxy) is 1. The van der Waals surface area contributed by atoms with Crippen LogP contribution in [0.1, 0.15) is 56.4 Å². The SMILES string of the molecule is CCCC(O)c1ccc2c(c1)C(NC(C)=O)CCO2. The van der Waals surface area contributed by atoms with Gasteiger partial charge in [-0.25, -0.2) is 0 Å². The highest BCUT2D eigenvalue weighted by Crippen LogP contribution is 2.34. The molecule has 0 fully saturated rings. The Bertz CT molecular complexity index is 459. The molecule has 1 amide bonds. The summed E-state index contributed by atoms with van der Waals surface area (Å²) in [5.74, 6) is 0.759. The molecule has 1 aromatic rings. The largest absolute Gasteiger partial charge is 0.493 e. The molecular weight excluding hydrogens is 242 g/mol. The van der Waals surface area contributed by atoms with E-state index in [9.17, 15) is 9.90 Å². The van der Waals surface area contributed by atoms with E-state index in [0.29, 0.717) is 6.61 Å². The Balaban J connectivity index is 2.27. The van der Waals surface area contributed by atoms with Crippen LogP contribution >= 0.6 is 0 Å². The molecule has 104 valence electrons. The molecule has 4 heteroatoms. The summed E-state index contributed by atoms with van der Waals surface area (Å²) < 4.78 is 5.60. The normalized spacial score (nSPS) is 19.2. The summed E-state index contributed by atoms with van der Waals surface area (Å²) in [5, 5.41) is 13.0. The maximum Gasteiger partial charge on any atom is 0.217 e. The molecule has 2 N–H and O–H groups in total. The van der Waals surface area contributed by atoms with Crippen molar-refractivity contribution in [3.05, 3.63) is 29.3 Å². The fraction of sp³-hybridized carbons (Fsp3) is 0.533. The van der Waals surface area contributed by atoms with Gasteiger partial charge in [-0.3, -0.25) is 4.79 Å². The first kappa shape index (κ1) is 13.9. The van der Waals surface area contributed by atoms with Gasteiger partial charge < -0.3 is 15.2 Å². The number of aliphatic hydroxyl groups excluding tert-OH is 1. The molecule has 2 atom stereocenters. The van der Waals surface area contributed by atoms with Gasteiger partial charge >= 0.3 is 0 Å². The Morgan fingerprint density at radius 1 is 1.58 bits per heavy atom. The third kappa shape index (κ3) is 3.26. The lowest BCUT2D eigenvalue weighted by Gasteiger charge is -2.27. The lowest BCUT2D eigenvalue weighted by molar-refractivity contribution is -0.119. The third-order valence-electron chi connectivity index (χ3n) is 3.40. The van der Waals surface area contributed by atoms with Gasteiger partial charge in [0.1, 0.15) is 5.75 Å². The lowest BCUT2D eigenvalue weighted by atomic mass is 9.95. The molecule has 4 nitrogen and oxygen atoms in total. The predicted octanol–water partition coefficient (Wildman–Crippen LogP) is 2.48. The van der Waals surface area contributed by atoms with Crippen molar-refractivity contribution < 1.29 is 14.6 Å². The number of hydrogen-bond acceptors (Lipinski definition) is 3. The van der Waals surface area contributed by atoms with Crippen molar-refractivity contribution in [2.24, 2.45) is 0 Å². The van der Waals surface area contributed by atoms with Crippen molar-refractivity contribution in [3.63, 3.8) is 0 Å². The Morgan fingerprint density at radius 2 is 2.37 bits per heavy atom.